The Labute approximate surface area is 173 Å². The van der Waals surface area contributed by atoms with Crippen LogP contribution in [0, 0.1) is 0 Å². The third-order valence-corrected chi connectivity index (χ3v) is 6.12. The first-order chi connectivity index (χ1) is 13.9. The molecular weight excluding hydrogens is 366 g/mol. The van der Waals surface area contributed by atoms with Crippen LogP contribution in [0.5, 0.6) is 0 Å². The van der Waals surface area contributed by atoms with E-state index in [1.165, 1.54) is 24.8 Å². The number of carbonyl (C=O) groups excluding carboxylic acids is 3. The Balaban J connectivity index is 1.64. The van der Waals surface area contributed by atoms with Gasteiger partial charge in [0.2, 0.25) is 5.91 Å². The molecule has 158 valence electrons. The lowest BCUT2D eigenvalue weighted by atomic mass is 9.91. The van der Waals surface area contributed by atoms with Crippen LogP contribution in [0.4, 0.5) is 4.79 Å². The number of hydrogen-bond donors (Lipinski definition) is 2. The molecule has 2 fully saturated rings. The SMILES string of the molecule is CCCc1ccc([C@]2(C)NC(=O)N(CC(=O)NC3CCCCCCC3)C2=O)cc1. The Hall–Kier alpha value is -2.37. The monoisotopic (exact) mass is 399 g/mol. The molecule has 3 rings (SSSR count). The van der Waals surface area contributed by atoms with Crippen molar-refractivity contribution in [3.63, 3.8) is 0 Å². The first kappa shape index (κ1) is 21.3. The summed E-state index contributed by atoms with van der Waals surface area (Å²) in [7, 11) is 0. The van der Waals surface area contributed by atoms with Gasteiger partial charge in [-0.15, -0.1) is 0 Å². The molecular formula is C23H33N3O3. The van der Waals surface area contributed by atoms with Crippen LogP contribution in [-0.2, 0) is 21.5 Å². The van der Waals surface area contributed by atoms with Gasteiger partial charge in [0, 0.05) is 6.04 Å². The smallest absolute Gasteiger partial charge is 0.325 e. The maximum Gasteiger partial charge on any atom is 0.325 e. The zero-order chi connectivity index (χ0) is 20.9. The minimum Gasteiger partial charge on any atom is -0.352 e. The molecule has 29 heavy (non-hydrogen) atoms. The van der Waals surface area contributed by atoms with Gasteiger partial charge in [-0.05, 0) is 37.3 Å². The van der Waals surface area contributed by atoms with Gasteiger partial charge in [0.25, 0.3) is 5.91 Å². The van der Waals surface area contributed by atoms with Gasteiger partial charge in [0.05, 0.1) is 0 Å². The maximum absolute atomic E-state index is 13.0. The summed E-state index contributed by atoms with van der Waals surface area (Å²) in [4.78, 5) is 39.1. The van der Waals surface area contributed by atoms with Crippen LogP contribution in [0.15, 0.2) is 24.3 Å². The Morgan fingerprint density at radius 3 is 2.34 bits per heavy atom. The molecule has 6 nitrogen and oxygen atoms in total. The minimum absolute atomic E-state index is 0.140. The summed E-state index contributed by atoms with van der Waals surface area (Å²) >= 11 is 0. The number of benzene rings is 1. The van der Waals surface area contributed by atoms with Crippen LogP contribution in [0.25, 0.3) is 0 Å². The molecule has 1 heterocycles. The third kappa shape index (κ3) is 4.98. The van der Waals surface area contributed by atoms with Crippen LogP contribution in [-0.4, -0.2) is 35.3 Å². The number of rotatable bonds is 6. The van der Waals surface area contributed by atoms with Gasteiger partial charge < -0.3 is 10.6 Å². The summed E-state index contributed by atoms with van der Waals surface area (Å²) < 4.78 is 0. The minimum atomic E-state index is -1.14. The van der Waals surface area contributed by atoms with Crippen molar-refractivity contribution < 1.29 is 14.4 Å². The van der Waals surface area contributed by atoms with Crippen molar-refractivity contribution in [3.8, 4) is 0 Å². The number of nitrogens with zero attached hydrogens (tertiary/aromatic N) is 1. The van der Waals surface area contributed by atoms with Crippen molar-refractivity contribution in [1.82, 2.24) is 15.5 Å². The highest BCUT2D eigenvalue weighted by atomic mass is 16.2. The van der Waals surface area contributed by atoms with E-state index >= 15 is 0 Å². The number of carbonyl (C=O) groups is 3. The molecule has 2 N–H and O–H groups in total. The van der Waals surface area contributed by atoms with E-state index in [0.717, 1.165) is 49.0 Å². The van der Waals surface area contributed by atoms with Crippen LogP contribution >= 0.6 is 0 Å². The average Bonchev–Trinajstić information content (AvgIpc) is 2.89. The number of aryl methyl sites for hydroxylation is 1. The van der Waals surface area contributed by atoms with Gasteiger partial charge in [-0.25, -0.2) is 4.79 Å². The van der Waals surface area contributed by atoms with Crippen molar-refractivity contribution >= 4 is 17.8 Å². The third-order valence-electron chi connectivity index (χ3n) is 6.12. The van der Waals surface area contributed by atoms with Crippen molar-refractivity contribution in [2.75, 3.05) is 6.54 Å². The van der Waals surface area contributed by atoms with E-state index in [1.807, 2.05) is 24.3 Å². The second kappa shape index (κ2) is 9.42. The van der Waals surface area contributed by atoms with Gasteiger partial charge >= 0.3 is 6.03 Å². The fourth-order valence-corrected chi connectivity index (χ4v) is 4.35. The van der Waals surface area contributed by atoms with Crippen LogP contribution in [0.1, 0.15) is 76.3 Å². The predicted octanol–water partition coefficient (Wildman–Crippen LogP) is 3.64. The molecule has 6 heteroatoms. The van der Waals surface area contributed by atoms with E-state index in [4.69, 9.17) is 0 Å². The van der Waals surface area contributed by atoms with Crippen molar-refractivity contribution in [1.29, 1.82) is 0 Å². The fourth-order valence-electron chi connectivity index (χ4n) is 4.35. The molecule has 1 aliphatic carbocycles. The first-order valence-electron chi connectivity index (χ1n) is 11.0. The highest BCUT2D eigenvalue weighted by molar-refractivity contribution is 6.09. The Morgan fingerprint density at radius 1 is 1.10 bits per heavy atom. The van der Waals surface area contributed by atoms with Crippen LogP contribution in [0.2, 0.25) is 0 Å². The van der Waals surface area contributed by atoms with E-state index in [9.17, 15) is 14.4 Å². The quantitative estimate of drug-likeness (QED) is 0.717. The molecule has 0 radical (unpaired) electrons. The van der Waals surface area contributed by atoms with Gasteiger partial charge in [-0.3, -0.25) is 14.5 Å². The van der Waals surface area contributed by atoms with Gasteiger partial charge in [0.1, 0.15) is 12.1 Å². The predicted molar refractivity (Wildman–Crippen MR) is 112 cm³/mol. The normalized spacial score (nSPS) is 23.4. The largest absolute Gasteiger partial charge is 0.352 e. The molecule has 1 aliphatic heterocycles. The molecule has 1 aromatic carbocycles. The topological polar surface area (TPSA) is 78.5 Å². The maximum atomic E-state index is 13.0. The second-order valence-electron chi connectivity index (χ2n) is 8.50. The van der Waals surface area contributed by atoms with Crippen molar-refractivity contribution in [2.24, 2.45) is 0 Å². The lowest BCUT2D eigenvalue weighted by molar-refractivity contribution is -0.135. The molecule has 0 bridgehead atoms. The molecule has 4 amide bonds. The van der Waals surface area contributed by atoms with Crippen LogP contribution in [0.3, 0.4) is 0 Å². The fraction of sp³-hybridized carbons (Fsp3) is 0.609. The Morgan fingerprint density at radius 2 is 1.72 bits per heavy atom. The highest BCUT2D eigenvalue weighted by Gasteiger charge is 2.49. The zero-order valence-corrected chi connectivity index (χ0v) is 17.6. The lowest BCUT2D eigenvalue weighted by Crippen LogP contribution is -2.45. The number of nitrogens with one attached hydrogen (secondary N) is 2. The zero-order valence-electron chi connectivity index (χ0n) is 17.6. The number of amides is 4. The molecule has 0 aromatic heterocycles. The van der Waals surface area contributed by atoms with Crippen molar-refractivity contribution in [2.45, 2.75) is 83.2 Å². The van der Waals surface area contributed by atoms with Gasteiger partial charge in [-0.1, -0.05) is 69.7 Å². The van der Waals surface area contributed by atoms with E-state index in [2.05, 4.69) is 17.6 Å². The molecule has 1 aromatic rings. The standard InChI is InChI=1S/C23H33N3O3/c1-3-9-17-12-14-18(15-13-17)23(2)21(28)26(22(29)25-23)16-20(27)24-19-10-7-5-4-6-8-11-19/h12-15,19H,3-11,16H2,1-2H3,(H,24,27)(H,25,29)/t23-/m0/s1. The van der Waals surface area contributed by atoms with E-state index in [-0.39, 0.29) is 24.4 Å². The summed E-state index contributed by atoms with van der Waals surface area (Å²) in [5.41, 5.74) is 0.799. The summed E-state index contributed by atoms with van der Waals surface area (Å²) in [5, 5.41) is 5.81. The Bertz CT molecular complexity index is 738. The average molecular weight is 400 g/mol. The summed E-state index contributed by atoms with van der Waals surface area (Å²) in [6.07, 6.45) is 9.85. The van der Waals surface area contributed by atoms with E-state index in [1.54, 1.807) is 6.92 Å². The van der Waals surface area contributed by atoms with Crippen LogP contribution < -0.4 is 10.6 Å². The first-order valence-corrected chi connectivity index (χ1v) is 11.0. The molecule has 2 aliphatic rings. The number of urea groups is 1. The highest BCUT2D eigenvalue weighted by Crippen LogP contribution is 2.29. The molecule has 1 atom stereocenters. The second-order valence-corrected chi connectivity index (χ2v) is 8.50. The molecule has 0 spiro atoms. The van der Waals surface area contributed by atoms with Gasteiger partial charge in [-0.2, -0.15) is 0 Å². The Kier molecular flexibility index (Phi) is 6.93. The molecule has 1 saturated carbocycles. The van der Waals surface area contributed by atoms with E-state index < -0.39 is 11.6 Å². The number of hydrogen-bond acceptors (Lipinski definition) is 3. The van der Waals surface area contributed by atoms with Crippen molar-refractivity contribution in [3.05, 3.63) is 35.4 Å². The van der Waals surface area contributed by atoms with E-state index in [0.29, 0.717) is 0 Å². The number of imide groups is 1. The summed E-state index contributed by atoms with van der Waals surface area (Å²) in [5.74, 6) is -0.639. The lowest BCUT2D eigenvalue weighted by Gasteiger charge is -2.24. The molecule has 1 saturated heterocycles. The summed E-state index contributed by atoms with van der Waals surface area (Å²) in [6, 6.07) is 7.40. The summed E-state index contributed by atoms with van der Waals surface area (Å²) in [6.45, 7) is 3.59. The molecule has 0 unspecified atom stereocenters. The van der Waals surface area contributed by atoms with Gasteiger partial charge in [0.15, 0.2) is 0 Å².